The summed E-state index contributed by atoms with van der Waals surface area (Å²) in [5, 5.41) is 19.2. The van der Waals surface area contributed by atoms with Crippen molar-refractivity contribution in [3.8, 4) is 34.2 Å². The number of benzene rings is 3. The molecule has 0 saturated heterocycles. The van der Waals surface area contributed by atoms with Crippen LogP contribution >= 0.6 is 0 Å². The Morgan fingerprint density at radius 3 is 1.87 bits per heavy atom. The number of pyridine rings is 1. The number of aromatic hydroxyl groups is 2. The van der Waals surface area contributed by atoms with Crippen LogP contribution in [0.5, 0.6) is 11.5 Å². The number of hydrogen-bond acceptors (Lipinski definition) is 5. The Labute approximate surface area is 186 Å². The molecule has 2 N–H and O–H groups in total. The van der Waals surface area contributed by atoms with Crippen molar-refractivity contribution in [3.05, 3.63) is 97.2 Å². The standard InChI is InChI=1S/C13H9NO2.C11H9NO.Zn/c15-11-7-3-1-5-9(11)13-14-10-6-2-4-8-12(10)16-13;13-11-7-2-1-5-9(11)10-6-3-4-8-12-10;/h1-8,15H;1-8,13H;. The number of phenolic OH excluding ortho intramolecular Hbond substituents is 2. The average molecular weight is 448 g/mol. The van der Waals surface area contributed by atoms with E-state index < -0.39 is 0 Å². The Morgan fingerprint density at radius 1 is 0.633 bits per heavy atom. The minimum Gasteiger partial charge on any atom is -0.507 e. The molecular formula is C24H18N2O3Zn. The van der Waals surface area contributed by atoms with E-state index in [1.54, 1.807) is 36.5 Å². The predicted octanol–water partition coefficient (Wildman–Crippen LogP) is 5.65. The summed E-state index contributed by atoms with van der Waals surface area (Å²) in [4.78, 5) is 8.47. The number of phenols is 2. The number of nitrogens with zero attached hydrogens (tertiary/aromatic N) is 2. The van der Waals surface area contributed by atoms with Gasteiger partial charge in [-0.2, -0.15) is 0 Å². The third-order valence-corrected chi connectivity index (χ3v) is 4.27. The molecule has 30 heavy (non-hydrogen) atoms. The Kier molecular flexibility index (Phi) is 6.94. The third-order valence-electron chi connectivity index (χ3n) is 4.27. The fourth-order valence-electron chi connectivity index (χ4n) is 2.85. The Hall–Kier alpha value is -3.50. The van der Waals surface area contributed by atoms with E-state index in [1.165, 1.54) is 0 Å². The quantitative estimate of drug-likeness (QED) is 0.342. The van der Waals surface area contributed by atoms with Gasteiger partial charge in [-0.15, -0.1) is 0 Å². The van der Waals surface area contributed by atoms with Gasteiger partial charge in [0.15, 0.2) is 5.58 Å². The van der Waals surface area contributed by atoms with Crippen molar-refractivity contribution < 1.29 is 34.1 Å². The van der Waals surface area contributed by atoms with E-state index in [2.05, 4.69) is 9.97 Å². The van der Waals surface area contributed by atoms with Crippen LogP contribution in [-0.2, 0) is 19.5 Å². The molecule has 5 rings (SSSR count). The van der Waals surface area contributed by atoms with Crippen molar-refractivity contribution in [1.82, 2.24) is 9.97 Å². The van der Waals surface area contributed by atoms with Gasteiger partial charge in [0, 0.05) is 31.2 Å². The van der Waals surface area contributed by atoms with Crippen LogP contribution in [0.3, 0.4) is 0 Å². The summed E-state index contributed by atoms with van der Waals surface area (Å²) in [5.41, 5.74) is 3.68. The van der Waals surface area contributed by atoms with Crippen LogP contribution in [0.4, 0.5) is 0 Å². The van der Waals surface area contributed by atoms with Crippen molar-refractivity contribution in [2.45, 2.75) is 0 Å². The predicted molar refractivity (Wildman–Crippen MR) is 112 cm³/mol. The van der Waals surface area contributed by atoms with Gasteiger partial charge in [0.05, 0.1) is 11.3 Å². The zero-order chi connectivity index (χ0) is 20.1. The van der Waals surface area contributed by atoms with Gasteiger partial charge in [-0.1, -0.05) is 42.5 Å². The van der Waals surface area contributed by atoms with E-state index >= 15 is 0 Å². The minimum absolute atomic E-state index is 0. The SMILES string of the molecule is Oc1ccccc1-c1ccccn1.Oc1ccccc1-c1nc2ccccc2o1.[Zn]. The molecule has 0 fully saturated rings. The first kappa shape index (κ1) is 21.2. The molecule has 0 unspecified atom stereocenters. The first-order valence-electron chi connectivity index (χ1n) is 9.06. The van der Waals surface area contributed by atoms with Crippen LogP contribution < -0.4 is 0 Å². The van der Waals surface area contributed by atoms with Crippen molar-refractivity contribution in [1.29, 1.82) is 0 Å². The Morgan fingerprint density at radius 2 is 1.23 bits per heavy atom. The molecule has 6 heteroatoms. The molecule has 0 bridgehead atoms. The Bertz CT molecular complexity index is 1210. The fraction of sp³-hybridized carbons (Fsp3) is 0. The molecule has 2 heterocycles. The van der Waals surface area contributed by atoms with Crippen molar-refractivity contribution in [2.24, 2.45) is 0 Å². The summed E-state index contributed by atoms with van der Waals surface area (Å²) >= 11 is 0. The van der Waals surface area contributed by atoms with Gasteiger partial charge in [0.1, 0.15) is 17.0 Å². The monoisotopic (exact) mass is 446 g/mol. The van der Waals surface area contributed by atoms with Crippen LogP contribution in [0.1, 0.15) is 0 Å². The number of para-hydroxylation sites is 4. The maximum Gasteiger partial charge on any atom is 0.231 e. The summed E-state index contributed by atoms with van der Waals surface area (Å²) < 4.78 is 5.56. The molecule has 5 nitrogen and oxygen atoms in total. The second-order valence-electron chi connectivity index (χ2n) is 6.24. The first-order chi connectivity index (χ1) is 14.2. The van der Waals surface area contributed by atoms with Crippen molar-refractivity contribution in [3.63, 3.8) is 0 Å². The third kappa shape index (κ3) is 4.73. The zero-order valence-electron chi connectivity index (χ0n) is 16.1. The summed E-state index contributed by atoms with van der Waals surface area (Å²) in [6.45, 7) is 0. The zero-order valence-corrected chi connectivity index (χ0v) is 19.1. The molecule has 0 aliphatic rings. The molecule has 0 amide bonds. The summed E-state index contributed by atoms with van der Waals surface area (Å²) in [7, 11) is 0. The second kappa shape index (κ2) is 9.81. The molecule has 0 saturated carbocycles. The van der Waals surface area contributed by atoms with E-state index in [0.717, 1.165) is 22.4 Å². The molecule has 0 radical (unpaired) electrons. The number of oxazole rings is 1. The maximum absolute atomic E-state index is 9.69. The first-order valence-corrected chi connectivity index (χ1v) is 9.06. The van der Waals surface area contributed by atoms with Gasteiger partial charge in [0.25, 0.3) is 0 Å². The molecule has 2 aromatic heterocycles. The van der Waals surface area contributed by atoms with Gasteiger partial charge < -0.3 is 14.6 Å². The number of fused-ring (bicyclic) bond motifs is 1. The van der Waals surface area contributed by atoms with E-state index in [0.29, 0.717) is 11.5 Å². The molecule has 0 atom stereocenters. The van der Waals surface area contributed by atoms with Crippen molar-refractivity contribution in [2.75, 3.05) is 0 Å². The number of rotatable bonds is 2. The molecule has 3 aromatic carbocycles. The summed E-state index contributed by atoms with van der Waals surface area (Å²) in [5.74, 6) is 0.884. The molecule has 5 aromatic rings. The minimum atomic E-state index is 0. The summed E-state index contributed by atoms with van der Waals surface area (Å²) in [6, 6.07) is 27.3. The molecule has 0 aliphatic carbocycles. The molecule has 144 valence electrons. The smallest absolute Gasteiger partial charge is 0.231 e. The largest absolute Gasteiger partial charge is 0.507 e. The molecule has 0 spiro atoms. The van der Waals surface area contributed by atoms with Crippen LogP contribution in [0.2, 0.25) is 0 Å². The number of hydrogen-bond donors (Lipinski definition) is 2. The van der Waals surface area contributed by atoms with Gasteiger partial charge in [-0.25, -0.2) is 4.98 Å². The molecular weight excluding hydrogens is 430 g/mol. The van der Waals surface area contributed by atoms with E-state index in [-0.39, 0.29) is 31.0 Å². The van der Waals surface area contributed by atoms with Gasteiger partial charge >= 0.3 is 0 Å². The van der Waals surface area contributed by atoms with Crippen LogP contribution in [0.15, 0.2) is 102 Å². The van der Waals surface area contributed by atoms with E-state index in [9.17, 15) is 10.2 Å². The normalized spacial score (nSPS) is 10.0. The summed E-state index contributed by atoms with van der Waals surface area (Å²) in [6.07, 6.45) is 1.71. The van der Waals surface area contributed by atoms with Gasteiger partial charge in [0.2, 0.25) is 5.89 Å². The van der Waals surface area contributed by atoms with Crippen LogP contribution in [-0.4, -0.2) is 20.2 Å². The van der Waals surface area contributed by atoms with Crippen LogP contribution in [0, 0.1) is 0 Å². The van der Waals surface area contributed by atoms with Gasteiger partial charge in [-0.05, 0) is 48.5 Å². The van der Waals surface area contributed by atoms with Crippen molar-refractivity contribution >= 4 is 11.1 Å². The molecule has 0 aliphatic heterocycles. The number of aromatic nitrogens is 2. The van der Waals surface area contributed by atoms with E-state index in [1.807, 2.05) is 60.7 Å². The van der Waals surface area contributed by atoms with Gasteiger partial charge in [-0.3, -0.25) is 4.98 Å². The second-order valence-corrected chi connectivity index (χ2v) is 6.24. The fourth-order valence-corrected chi connectivity index (χ4v) is 2.85. The Balaban J connectivity index is 0.000000169. The maximum atomic E-state index is 9.69. The van der Waals surface area contributed by atoms with E-state index in [4.69, 9.17) is 4.42 Å². The topological polar surface area (TPSA) is 79.4 Å². The average Bonchev–Trinajstić information content (AvgIpc) is 3.19. The van der Waals surface area contributed by atoms with Crippen LogP contribution in [0.25, 0.3) is 33.8 Å².